The minimum absolute atomic E-state index is 0.169. The molecule has 0 atom stereocenters. The number of nitrogens with zero attached hydrogens (tertiary/aromatic N) is 2. The van der Waals surface area contributed by atoms with Gasteiger partial charge in [-0.15, -0.1) is 0 Å². The molecule has 0 saturated heterocycles. The van der Waals surface area contributed by atoms with Crippen LogP contribution in [0.1, 0.15) is 6.92 Å². The van der Waals surface area contributed by atoms with Gasteiger partial charge in [-0.2, -0.15) is 10.2 Å². The third kappa shape index (κ3) is 4.22. The van der Waals surface area contributed by atoms with Crippen LogP contribution in [-0.2, 0) is 9.53 Å². The standard InChI is InChI=1S/C21H17N3O3/c1-2-26-20(25)17(13-22)14-23-21-24-18(15-9-5-3-6-10-15)19(27-21)16-11-7-4-8-12-16/h3-12,14H,2H2,1H3,(H,23,24)/b17-14+. The zero-order valence-corrected chi connectivity index (χ0v) is 14.7. The van der Waals surface area contributed by atoms with Gasteiger partial charge in [0.15, 0.2) is 11.3 Å². The summed E-state index contributed by atoms with van der Waals surface area (Å²) in [4.78, 5) is 16.2. The summed E-state index contributed by atoms with van der Waals surface area (Å²) < 4.78 is 10.7. The zero-order valence-electron chi connectivity index (χ0n) is 14.7. The maximum absolute atomic E-state index is 11.7. The molecule has 0 aliphatic rings. The molecule has 134 valence electrons. The molecular formula is C21H17N3O3. The molecule has 0 radical (unpaired) electrons. The van der Waals surface area contributed by atoms with Gasteiger partial charge in [-0.3, -0.25) is 0 Å². The number of ether oxygens (including phenoxy) is 1. The fourth-order valence-corrected chi connectivity index (χ4v) is 2.44. The molecule has 0 spiro atoms. The molecule has 6 heteroatoms. The summed E-state index contributed by atoms with van der Waals surface area (Å²) in [6.45, 7) is 1.86. The molecule has 0 saturated carbocycles. The van der Waals surface area contributed by atoms with E-state index >= 15 is 0 Å². The van der Waals surface area contributed by atoms with Crippen LogP contribution < -0.4 is 5.32 Å². The average Bonchev–Trinajstić information content (AvgIpc) is 3.14. The predicted molar refractivity (Wildman–Crippen MR) is 101 cm³/mol. The second-order valence-corrected chi connectivity index (χ2v) is 5.46. The molecule has 3 rings (SSSR count). The van der Waals surface area contributed by atoms with E-state index in [4.69, 9.17) is 14.4 Å². The van der Waals surface area contributed by atoms with Gasteiger partial charge in [0.1, 0.15) is 11.8 Å². The molecular weight excluding hydrogens is 342 g/mol. The Bertz CT molecular complexity index is 930. The van der Waals surface area contributed by atoms with Gasteiger partial charge in [0.25, 0.3) is 6.01 Å². The summed E-state index contributed by atoms with van der Waals surface area (Å²) in [5.74, 6) is -0.113. The van der Waals surface area contributed by atoms with Crippen molar-refractivity contribution in [1.29, 1.82) is 5.26 Å². The first-order valence-electron chi connectivity index (χ1n) is 8.38. The fraction of sp³-hybridized carbons (Fsp3) is 0.0952. The van der Waals surface area contributed by atoms with Crippen LogP contribution in [0.4, 0.5) is 6.01 Å². The first-order chi connectivity index (χ1) is 13.2. The normalized spacial score (nSPS) is 10.9. The van der Waals surface area contributed by atoms with Gasteiger partial charge >= 0.3 is 5.97 Å². The van der Waals surface area contributed by atoms with E-state index < -0.39 is 5.97 Å². The highest BCUT2D eigenvalue weighted by Gasteiger charge is 2.17. The van der Waals surface area contributed by atoms with Gasteiger partial charge in [0.2, 0.25) is 0 Å². The molecule has 0 amide bonds. The predicted octanol–water partition coefficient (Wildman–Crippen LogP) is 4.39. The van der Waals surface area contributed by atoms with Crippen molar-refractivity contribution in [3.8, 4) is 28.7 Å². The van der Waals surface area contributed by atoms with Crippen LogP contribution >= 0.6 is 0 Å². The van der Waals surface area contributed by atoms with Crippen LogP contribution in [0, 0.1) is 11.3 Å². The van der Waals surface area contributed by atoms with E-state index in [0.717, 1.165) is 11.1 Å². The number of nitrogens with one attached hydrogen (secondary N) is 1. The van der Waals surface area contributed by atoms with Crippen molar-refractivity contribution >= 4 is 12.0 Å². The van der Waals surface area contributed by atoms with Gasteiger partial charge in [0.05, 0.1) is 6.61 Å². The number of nitriles is 1. The van der Waals surface area contributed by atoms with Crippen molar-refractivity contribution in [3.63, 3.8) is 0 Å². The second-order valence-electron chi connectivity index (χ2n) is 5.46. The van der Waals surface area contributed by atoms with Crippen LogP contribution in [0.3, 0.4) is 0 Å². The number of hydrogen-bond donors (Lipinski definition) is 1. The molecule has 0 aliphatic carbocycles. The van der Waals surface area contributed by atoms with E-state index in [9.17, 15) is 4.79 Å². The molecule has 0 aliphatic heterocycles. The van der Waals surface area contributed by atoms with E-state index in [-0.39, 0.29) is 18.2 Å². The molecule has 0 bridgehead atoms. The third-order valence-corrected chi connectivity index (χ3v) is 3.67. The van der Waals surface area contributed by atoms with Crippen LogP contribution in [0.15, 0.2) is 76.9 Å². The lowest BCUT2D eigenvalue weighted by atomic mass is 10.1. The lowest BCUT2D eigenvalue weighted by molar-refractivity contribution is -0.138. The number of oxazole rings is 1. The highest BCUT2D eigenvalue weighted by atomic mass is 16.5. The number of anilines is 1. The highest BCUT2D eigenvalue weighted by Crippen LogP contribution is 2.34. The van der Waals surface area contributed by atoms with Crippen molar-refractivity contribution in [2.75, 3.05) is 11.9 Å². The largest absolute Gasteiger partial charge is 0.462 e. The van der Waals surface area contributed by atoms with Gasteiger partial charge < -0.3 is 14.5 Å². The molecule has 6 nitrogen and oxygen atoms in total. The summed E-state index contributed by atoms with van der Waals surface area (Å²) in [5.41, 5.74) is 2.25. The number of carbonyl (C=O) groups is 1. The van der Waals surface area contributed by atoms with E-state index in [2.05, 4.69) is 10.3 Å². The van der Waals surface area contributed by atoms with Crippen LogP contribution in [0.25, 0.3) is 22.6 Å². The van der Waals surface area contributed by atoms with Crippen LogP contribution in [0.5, 0.6) is 0 Å². The number of aromatic nitrogens is 1. The van der Waals surface area contributed by atoms with Crippen LogP contribution in [0.2, 0.25) is 0 Å². The summed E-state index contributed by atoms with van der Waals surface area (Å²) in [7, 11) is 0. The summed E-state index contributed by atoms with van der Waals surface area (Å²) in [6.07, 6.45) is 1.23. The molecule has 1 aromatic heterocycles. The van der Waals surface area contributed by atoms with Crippen molar-refractivity contribution in [2.24, 2.45) is 0 Å². The SMILES string of the molecule is CCOC(=O)/C(C#N)=C/Nc1nc(-c2ccccc2)c(-c2ccccc2)o1. The van der Waals surface area contributed by atoms with Gasteiger partial charge in [-0.25, -0.2) is 4.79 Å². The van der Waals surface area contributed by atoms with E-state index in [1.54, 1.807) is 13.0 Å². The fourth-order valence-electron chi connectivity index (χ4n) is 2.44. The maximum atomic E-state index is 11.7. The minimum Gasteiger partial charge on any atom is -0.462 e. The van der Waals surface area contributed by atoms with Gasteiger partial charge in [0, 0.05) is 17.3 Å². The maximum Gasteiger partial charge on any atom is 0.350 e. The molecule has 1 N–H and O–H groups in total. The summed E-state index contributed by atoms with van der Waals surface area (Å²) >= 11 is 0. The number of rotatable bonds is 6. The Kier molecular flexibility index (Phi) is 5.65. The van der Waals surface area contributed by atoms with Crippen molar-refractivity contribution in [2.45, 2.75) is 6.92 Å². The molecule has 1 heterocycles. The zero-order chi connectivity index (χ0) is 19.1. The van der Waals surface area contributed by atoms with E-state index in [1.807, 2.05) is 60.7 Å². The molecule has 0 fully saturated rings. The van der Waals surface area contributed by atoms with Crippen molar-refractivity contribution in [3.05, 3.63) is 72.4 Å². The molecule has 2 aromatic carbocycles. The second kappa shape index (κ2) is 8.50. The number of carbonyl (C=O) groups excluding carboxylic acids is 1. The average molecular weight is 359 g/mol. The first-order valence-corrected chi connectivity index (χ1v) is 8.38. The Morgan fingerprint density at radius 3 is 2.37 bits per heavy atom. The Morgan fingerprint density at radius 1 is 1.15 bits per heavy atom. The quantitative estimate of drug-likeness (QED) is 0.399. The first kappa shape index (κ1) is 18.0. The topological polar surface area (TPSA) is 88.2 Å². The summed E-state index contributed by atoms with van der Waals surface area (Å²) in [5, 5.41) is 11.9. The third-order valence-electron chi connectivity index (χ3n) is 3.67. The lowest BCUT2D eigenvalue weighted by Crippen LogP contribution is -2.07. The Balaban J connectivity index is 1.97. The van der Waals surface area contributed by atoms with Crippen molar-refractivity contribution < 1.29 is 13.9 Å². The smallest absolute Gasteiger partial charge is 0.350 e. The van der Waals surface area contributed by atoms with Gasteiger partial charge in [-0.05, 0) is 6.92 Å². The Hall–Kier alpha value is -3.85. The van der Waals surface area contributed by atoms with E-state index in [0.29, 0.717) is 11.5 Å². The van der Waals surface area contributed by atoms with Crippen LogP contribution in [-0.4, -0.2) is 17.6 Å². The highest BCUT2D eigenvalue weighted by molar-refractivity contribution is 5.93. The molecule has 3 aromatic rings. The number of hydrogen-bond acceptors (Lipinski definition) is 6. The summed E-state index contributed by atoms with van der Waals surface area (Å²) in [6, 6.07) is 21.2. The lowest BCUT2D eigenvalue weighted by Gasteiger charge is -2.00. The monoisotopic (exact) mass is 359 g/mol. The Morgan fingerprint density at radius 2 is 1.78 bits per heavy atom. The number of esters is 1. The molecule has 0 unspecified atom stereocenters. The molecule has 27 heavy (non-hydrogen) atoms. The van der Waals surface area contributed by atoms with E-state index in [1.165, 1.54) is 6.20 Å². The van der Waals surface area contributed by atoms with Crippen molar-refractivity contribution in [1.82, 2.24) is 4.98 Å². The minimum atomic E-state index is -0.703. The number of benzene rings is 2. The Labute approximate surface area is 156 Å². The van der Waals surface area contributed by atoms with Gasteiger partial charge in [-0.1, -0.05) is 60.7 Å².